The second-order valence-corrected chi connectivity index (χ2v) is 8.84. The fraction of sp³-hybridized carbons (Fsp3) is 0.259. The lowest BCUT2D eigenvalue weighted by molar-refractivity contribution is 0.0526. The Morgan fingerprint density at radius 1 is 1.05 bits per heavy atom. The molecule has 194 valence electrons. The van der Waals surface area contributed by atoms with E-state index in [-0.39, 0.29) is 17.8 Å². The van der Waals surface area contributed by atoms with Crippen molar-refractivity contribution < 1.29 is 18.7 Å². The summed E-state index contributed by atoms with van der Waals surface area (Å²) in [4.78, 5) is 31.3. The van der Waals surface area contributed by atoms with Gasteiger partial charge in [-0.15, -0.1) is 0 Å². The number of tetrazole rings is 1. The lowest BCUT2D eigenvalue weighted by Gasteiger charge is -2.32. The number of esters is 1. The van der Waals surface area contributed by atoms with Crippen molar-refractivity contribution in [2.24, 2.45) is 0 Å². The molecule has 38 heavy (non-hydrogen) atoms. The van der Waals surface area contributed by atoms with Crippen molar-refractivity contribution in [2.75, 3.05) is 24.6 Å². The van der Waals surface area contributed by atoms with E-state index in [1.807, 2.05) is 6.07 Å². The summed E-state index contributed by atoms with van der Waals surface area (Å²) >= 11 is 0. The first-order valence-electron chi connectivity index (χ1n) is 12.4. The maximum atomic E-state index is 13.5. The number of amides is 1. The summed E-state index contributed by atoms with van der Waals surface area (Å²) in [6, 6.07) is 16.5. The molecule has 1 saturated heterocycles. The highest BCUT2D eigenvalue weighted by Gasteiger charge is 2.25. The predicted molar refractivity (Wildman–Crippen MR) is 137 cm³/mol. The summed E-state index contributed by atoms with van der Waals surface area (Å²) in [5.74, 6) is -0.383. The van der Waals surface area contributed by atoms with Gasteiger partial charge in [-0.25, -0.2) is 9.18 Å². The number of carbonyl (C=O) groups excluding carboxylic acids is 2. The van der Waals surface area contributed by atoms with Crippen molar-refractivity contribution in [3.8, 4) is 16.9 Å². The van der Waals surface area contributed by atoms with E-state index in [2.05, 4.69) is 30.7 Å². The Labute approximate surface area is 218 Å². The van der Waals surface area contributed by atoms with Crippen LogP contribution in [0.3, 0.4) is 0 Å². The van der Waals surface area contributed by atoms with Gasteiger partial charge in [-0.1, -0.05) is 23.3 Å². The van der Waals surface area contributed by atoms with E-state index >= 15 is 0 Å². The fourth-order valence-corrected chi connectivity index (χ4v) is 4.37. The van der Waals surface area contributed by atoms with Crippen LogP contribution in [0.5, 0.6) is 0 Å². The van der Waals surface area contributed by atoms with Crippen LogP contribution in [0.2, 0.25) is 0 Å². The van der Waals surface area contributed by atoms with Crippen LogP contribution in [0.15, 0.2) is 66.9 Å². The van der Waals surface area contributed by atoms with Crippen LogP contribution in [0.4, 0.5) is 10.3 Å². The van der Waals surface area contributed by atoms with E-state index in [0.717, 1.165) is 0 Å². The third-order valence-corrected chi connectivity index (χ3v) is 6.31. The molecule has 0 spiro atoms. The molecule has 1 amide bonds. The molecular weight excluding hydrogens is 489 g/mol. The van der Waals surface area contributed by atoms with Gasteiger partial charge in [-0.3, -0.25) is 9.78 Å². The number of aromatic nitrogens is 5. The standard InChI is InChI=1S/C27H26FN7O3/c1-2-38-26(37)19-6-4-8-23(16-19)35-27(31-32-33-35)34-13-11-22(12-14-34)30-25(36)20-9-10-24(29-17-20)18-5-3-7-21(28)15-18/h3-10,15-17,22H,2,11-14H2,1H3,(H,30,36). The fourth-order valence-electron chi connectivity index (χ4n) is 4.37. The van der Waals surface area contributed by atoms with Gasteiger partial charge in [0, 0.05) is 30.9 Å². The van der Waals surface area contributed by atoms with Gasteiger partial charge >= 0.3 is 5.97 Å². The van der Waals surface area contributed by atoms with Gasteiger partial charge in [0.2, 0.25) is 5.95 Å². The van der Waals surface area contributed by atoms with Crippen LogP contribution >= 0.6 is 0 Å². The molecule has 11 heteroatoms. The number of hydrogen-bond acceptors (Lipinski definition) is 8. The van der Waals surface area contributed by atoms with E-state index in [4.69, 9.17) is 4.74 Å². The minimum atomic E-state index is -0.403. The molecule has 1 aliphatic rings. The van der Waals surface area contributed by atoms with Crippen molar-refractivity contribution in [3.63, 3.8) is 0 Å². The van der Waals surface area contributed by atoms with Crippen LogP contribution in [0, 0.1) is 5.82 Å². The highest BCUT2D eigenvalue weighted by atomic mass is 19.1. The van der Waals surface area contributed by atoms with E-state index in [1.165, 1.54) is 18.3 Å². The average Bonchev–Trinajstić information content (AvgIpc) is 3.44. The molecule has 2 aromatic heterocycles. The van der Waals surface area contributed by atoms with Crippen molar-refractivity contribution in [1.82, 2.24) is 30.5 Å². The molecule has 0 radical (unpaired) electrons. The van der Waals surface area contributed by atoms with Gasteiger partial charge in [0.05, 0.1) is 29.1 Å². The number of nitrogens with one attached hydrogen (secondary N) is 1. The lowest BCUT2D eigenvalue weighted by atomic mass is 10.0. The van der Waals surface area contributed by atoms with E-state index in [1.54, 1.807) is 54.1 Å². The van der Waals surface area contributed by atoms with E-state index in [9.17, 15) is 14.0 Å². The van der Waals surface area contributed by atoms with Gasteiger partial charge in [-0.05, 0) is 72.7 Å². The Kier molecular flexibility index (Phi) is 7.34. The summed E-state index contributed by atoms with van der Waals surface area (Å²) in [5, 5.41) is 15.2. The molecule has 3 heterocycles. The van der Waals surface area contributed by atoms with Crippen LogP contribution in [0.1, 0.15) is 40.5 Å². The second-order valence-electron chi connectivity index (χ2n) is 8.84. The Morgan fingerprint density at radius 3 is 2.61 bits per heavy atom. The zero-order valence-electron chi connectivity index (χ0n) is 20.7. The third kappa shape index (κ3) is 5.51. The topological polar surface area (TPSA) is 115 Å². The van der Waals surface area contributed by atoms with Gasteiger partial charge in [0.25, 0.3) is 5.91 Å². The maximum absolute atomic E-state index is 13.5. The number of piperidine rings is 1. The lowest BCUT2D eigenvalue weighted by Crippen LogP contribution is -2.45. The Morgan fingerprint density at radius 2 is 1.87 bits per heavy atom. The largest absolute Gasteiger partial charge is 0.462 e. The molecule has 1 fully saturated rings. The van der Waals surface area contributed by atoms with Gasteiger partial charge in [0.15, 0.2) is 0 Å². The summed E-state index contributed by atoms with van der Waals surface area (Å²) in [6.45, 7) is 3.33. The predicted octanol–water partition coefficient (Wildman–Crippen LogP) is 3.44. The number of rotatable bonds is 7. The number of hydrogen-bond donors (Lipinski definition) is 1. The zero-order chi connectivity index (χ0) is 26.5. The number of pyridine rings is 1. The maximum Gasteiger partial charge on any atom is 0.338 e. The molecule has 0 bridgehead atoms. The van der Waals surface area contributed by atoms with Crippen molar-refractivity contribution in [3.05, 3.63) is 83.8 Å². The summed E-state index contributed by atoms with van der Waals surface area (Å²) in [5.41, 5.74) is 2.77. The molecule has 1 aliphatic heterocycles. The Balaban J connectivity index is 1.20. The Bertz CT molecular complexity index is 1430. The van der Waals surface area contributed by atoms with Gasteiger partial charge < -0.3 is 15.0 Å². The molecule has 0 aliphatic carbocycles. The number of anilines is 1. The highest BCUT2D eigenvalue weighted by molar-refractivity contribution is 5.94. The first-order valence-corrected chi connectivity index (χ1v) is 12.4. The zero-order valence-corrected chi connectivity index (χ0v) is 20.7. The van der Waals surface area contributed by atoms with Gasteiger partial charge in [-0.2, -0.15) is 4.68 Å². The monoisotopic (exact) mass is 515 g/mol. The van der Waals surface area contributed by atoms with E-state index in [0.29, 0.717) is 66.6 Å². The first-order chi connectivity index (χ1) is 18.5. The highest BCUT2D eigenvalue weighted by Crippen LogP contribution is 2.22. The minimum Gasteiger partial charge on any atom is -0.462 e. The average molecular weight is 516 g/mol. The van der Waals surface area contributed by atoms with Gasteiger partial charge in [0.1, 0.15) is 5.82 Å². The van der Waals surface area contributed by atoms with Crippen LogP contribution in [-0.4, -0.2) is 62.8 Å². The SMILES string of the molecule is CCOC(=O)c1cccc(-n2nnnc2N2CCC(NC(=O)c3ccc(-c4cccc(F)c4)nc3)CC2)c1. The summed E-state index contributed by atoms with van der Waals surface area (Å²) in [7, 11) is 0. The number of halogens is 1. The number of benzene rings is 2. The minimum absolute atomic E-state index is 0.0156. The van der Waals surface area contributed by atoms with Crippen molar-refractivity contribution in [1.29, 1.82) is 0 Å². The number of carbonyl (C=O) groups is 2. The second kappa shape index (κ2) is 11.2. The molecule has 10 nitrogen and oxygen atoms in total. The number of ether oxygens (including phenoxy) is 1. The molecular formula is C27H26FN7O3. The van der Waals surface area contributed by atoms with E-state index < -0.39 is 5.97 Å². The number of nitrogens with zero attached hydrogens (tertiary/aromatic N) is 6. The quantitative estimate of drug-likeness (QED) is 0.372. The van der Waals surface area contributed by atoms with Crippen LogP contribution in [-0.2, 0) is 4.74 Å². The van der Waals surface area contributed by atoms with Crippen LogP contribution in [0.25, 0.3) is 16.9 Å². The molecule has 0 unspecified atom stereocenters. The summed E-state index contributed by atoms with van der Waals surface area (Å²) < 4.78 is 20.2. The molecule has 0 atom stereocenters. The molecule has 1 N–H and O–H groups in total. The molecule has 4 aromatic rings. The first kappa shape index (κ1) is 25.0. The van der Waals surface area contributed by atoms with Crippen LogP contribution < -0.4 is 10.2 Å². The molecule has 0 saturated carbocycles. The van der Waals surface area contributed by atoms with Crippen molar-refractivity contribution in [2.45, 2.75) is 25.8 Å². The smallest absolute Gasteiger partial charge is 0.338 e. The summed E-state index contributed by atoms with van der Waals surface area (Å²) in [6.07, 6.45) is 2.91. The normalized spacial score (nSPS) is 13.8. The van der Waals surface area contributed by atoms with Crippen molar-refractivity contribution >= 4 is 17.8 Å². The molecule has 5 rings (SSSR count). The molecule has 2 aromatic carbocycles. The Hall–Kier alpha value is -4.67. The third-order valence-electron chi connectivity index (χ3n) is 6.31.